The van der Waals surface area contributed by atoms with Crippen molar-refractivity contribution in [2.24, 2.45) is 0 Å². The smallest absolute Gasteiger partial charge is 0.405 e. The minimum Gasteiger partial charge on any atom is -0.445 e. The second kappa shape index (κ2) is 6.50. The number of halogens is 3. The second-order valence-electron chi connectivity index (χ2n) is 5.53. The predicted octanol–water partition coefficient (Wildman–Crippen LogP) is 0.953. The lowest BCUT2D eigenvalue weighted by Gasteiger charge is -2.32. The quantitative estimate of drug-likeness (QED) is 0.797. The zero-order valence-electron chi connectivity index (χ0n) is 12.7. The molecule has 0 aromatic heterocycles. The number of rotatable bonds is 4. The number of hydrogen-bond acceptors (Lipinski definition) is 4. The van der Waals surface area contributed by atoms with Gasteiger partial charge in [0.15, 0.2) is 5.60 Å². The molecule has 9 heteroatoms. The van der Waals surface area contributed by atoms with Gasteiger partial charge >= 0.3 is 12.1 Å². The van der Waals surface area contributed by atoms with E-state index in [2.05, 4.69) is 5.32 Å². The molecule has 0 saturated carbocycles. The maximum atomic E-state index is 12.2. The Balaban J connectivity index is 1.95. The number of ether oxygens (including phenoxy) is 1. The molecule has 130 valence electrons. The third-order valence-corrected chi connectivity index (χ3v) is 3.46. The summed E-state index contributed by atoms with van der Waals surface area (Å²) in [5.74, 6) is -2.42. The molecule has 0 fully saturated rings. The van der Waals surface area contributed by atoms with Crippen LogP contribution in [0.1, 0.15) is 22.8 Å². The highest BCUT2D eigenvalue weighted by atomic mass is 19.4. The number of amides is 2. The van der Waals surface area contributed by atoms with E-state index in [9.17, 15) is 27.6 Å². The minimum atomic E-state index is -4.53. The molecule has 2 N–H and O–H groups in total. The summed E-state index contributed by atoms with van der Waals surface area (Å²) in [4.78, 5) is 35.5. The fraction of sp³-hybridized carbons (Fsp3) is 0.400. The average molecular weight is 344 g/mol. The van der Waals surface area contributed by atoms with Crippen molar-refractivity contribution in [3.63, 3.8) is 0 Å². The molecule has 2 amide bonds. The third kappa shape index (κ3) is 4.24. The van der Waals surface area contributed by atoms with Crippen molar-refractivity contribution < 1.29 is 32.3 Å². The fourth-order valence-corrected chi connectivity index (χ4v) is 2.27. The highest BCUT2D eigenvalue weighted by Gasteiger charge is 2.42. The van der Waals surface area contributed by atoms with Gasteiger partial charge in [-0.05, 0) is 18.6 Å². The van der Waals surface area contributed by atoms with Crippen LogP contribution in [0, 0.1) is 0 Å². The molecule has 0 radical (unpaired) electrons. The third-order valence-electron chi connectivity index (χ3n) is 3.46. The first-order chi connectivity index (χ1) is 11.1. The summed E-state index contributed by atoms with van der Waals surface area (Å²) in [7, 11) is 0. The summed E-state index contributed by atoms with van der Waals surface area (Å²) in [5, 5.41) is 3.82. The first kappa shape index (κ1) is 17.8. The number of carbonyl (C=O) groups excluding carboxylic acids is 3. The lowest BCUT2D eigenvalue weighted by molar-refractivity contribution is -0.142. The SMILES string of the molecule is CC1(C(=O)NCC(=O)NCC(F)(F)F)Cc2ccccc2C(=O)O1. The zero-order valence-corrected chi connectivity index (χ0v) is 12.7. The van der Waals surface area contributed by atoms with Gasteiger partial charge in [-0.25, -0.2) is 4.79 Å². The maximum absolute atomic E-state index is 12.2. The molecule has 0 bridgehead atoms. The van der Waals surface area contributed by atoms with Crippen molar-refractivity contribution in [2.45, 2.75) is 25.1 Å². The molecule has 0 saturated heterocycles. The number of cyclic esters (lactones) is 1. The minimum absolute atomic E-state index is 0.102. The molecule has 1 aliphatic rings. The van der Waals surface area contributed by atoms with Crippen molar-refractivity contribution in [3.05, 3.63) is 35.4 Å². The Labute approximate surface area is 135 Å². The van der Waals surface area contributed by atoms with Gasteiger partial charge in [-0.15, -0.1) is 0 Å². The highest BCUT2D eigenvalue weighted by molar-refractivity contribution is 5.98. The van der Waals surface area contributed by atoms with Crippen molar-refractivity contribution in [1.82, 2.24) is 10.6 Å². The largest absolute Gasteiger partial charge is 0.445 e. The highest BCUT2D eigenvalue weighted by Crippen LogP contribution is 2.28. The summed E-state index contributed by atoms with van der Waals surface area (Å²) >= 11 is 0. The zero-order chi connectivity index (χ0) is 18.0. The van der Waals surface area contributed by atoms with Gasteiger partial charge in [-0.2, -0.15) is 13.2 Å². The van der Waals surface area contributed by atoms with Crippen LogP contribution in [0.3, 0.4) is 0 Å². The van der Waals surface area contributed by atoms with Crippen LogP contribution in [-0.2, 0) is 20.7 Å². The number of carbonyl (C=O) groups is 3. The summed E-state index contributed by atoms with van der Waals surface area (Å²) < 4.78 is 41.1. The maximum Gasteiger partial charge on any atom is 0.405 e. The summed E-state index contributed by atoms with van der Waals surface area (Å²) in [6, 6.07) is 6.62. The molecule has 0 spiro atoms. The Hall–Kier alpha value is -2.58. The van der Waals surface area contributed by atoms with Gasteiger partial charge < -0.3 is 15.4 Å². The van der Waals surface area contributed by atoms with Gasteiger partial charge in [0.05, 0.1) is 12.1 Å². The van der Waals surface area contributed by atoms with Gasteiger partial charge in [0, 0.05) is 6.42 Å². The van der Waals surface area contributed by atoms with Crippen molar-refractivity contribution >= 4 is 17.8 Å². The first-order valence-corrected chi connectivity index (χ1v) is 7.04. The number of fused-ring (bicyclic) bond motifs is 1. The number of nitrogens with one attached hydrogen (secondary N) is 2. The molecule has 1 atom stereocenters. The van der Waals surface area contributed by atoms with Crippen molar-refractivity contribution in [1.29, 1.82) is 0 Å². The Morgan fingerprint density at radius 2 is 1.92 bits per heavy atom. The van der Waals surface area contributed by atoms with Crippen LogP contribution in [0.5, 0.6) is 0 Å². The van der Waals surface area contributed by atoms with E-state index in [1.807, 2.05) is 0 Å². The number of hydrogen-bond donors (Lipinski definition) is 2. The normalized spacial score (nSPS) is 19.9. The van der Waals surface area contributed by atoms with Crippen LogP contribution < -0.4 is 10.6 Å². The number of esters is 1. The van der Waals surface area contributed by atoms with E-state index in [-0.39, 0.29) is 6.42 Å². The Bertz CT molecular complexity index is 675. The molecular weight excluding hydrogens is 329 g/mol. The van der Waals surface area contributed by atoms with Gasteiger partial charge in [0.25, 0.3) is 5.91 Å². The predicted molar refractivity (Wildman–Crippen MR) is 76.0 cm³/mol. The summed E-state index contributed by atoms with van der Waals surface area (Å²) in [5.41, 5.74) is -0.561. The van der Waals surface area contributed by atoms with Gasteiger partial charge in [-0.3, -0.25) is 9.59 Å². The van der Waals surface area contributed by atoms with Crippen molar-refractivity contribution in [3.8, 4) is 0 Å². The number of benzene rings is 1. The fourth-order valence-electron chi connectivity index (χ4n) is 2.27. The average Bonchev–Trinajstić information content (AvgIpc) is 2.49. The first-order valence-electron chi connectivity index (χ1n) is 7.04. The van der Waals surface area contributed by atoms with E-state index in [0.29, 0.717) is 11.1 Å². The Kier molecular flexibility index (Phi) is 4.81. The van der Waals surface area contributed by atoms with E-state index < -0.39 is 42.7 Å². The van der Waals surface area contributed by atoms with E-state index in [1.165, 1.54) is 6.92 Å². The molecule has 1 heterocycles. The second-order valence-corrected chi connectivity index (χ2v) is 5.53. The molecule has 1 aromatic carbocycles. The molecular formula is C15H15F3N2O4. The molecule has 6 nitrogen and oxygen atoms in total. The van der Waals surface area contributed by atoms with E-state index >= 15 is 0 Å². The van der Waals surface area contributed by atoms with Crippen LogP contribution in [0.4, 0.5) is 13.2 Å². The van der Waals surface area contributed by atoms with Crippen LogP contribution in [-0.4, -0.2) is 42.7 Å². The summed E-state index contributed by atoms with van der Waals surface area (Å²) in [6.07, 6.45) is -4.43. The monoisotopic (exact) mass is 344 g/mol. The van der Waals surface area contributed by atoms with Crippen LogP contribution in [0.15, 0.2) is 24.3 Å². The molecule has 1 aromatic rings. The standard InChI is InChI=1S/C15H15F3N2O4/c1-14(6-9-4-2-3-5-10(9)12(22)24-14)13(23)19-7-11(21)20-8-15(16,17)18/h2-5H,6-8H2,1H3,(H,19,23)(H,20,21). The van der Waals surface area contributed by atoms with Crippen molar-refractivity contribution in [2.75, 3.05) is 13.1 Å². The number of alkyl halides is 3. The van der Waals surface area contributed by atoms with Gasteiger partial charge in [0.1, 0.15) is 6.54 Å². The molecule has 24 heavy (non-hydrogen) atoms. The van der Waals surface area contributed by atoms with Crippen LogP contribution in [0.25, 0.3) is 0 Å². The van der Waals surface area contributed by atoms with E-state index in [4.69, 9.17) is 4.74 Å². The summed E-state index contributed by atoms with van der Waals surface area (Å²) in [6.45, 7) is -0.755. The molecule has 1 aliphatic heterocycles. The molecule has 1 unspecified atom stereocenters. The van der Waals surface area contributed by atoms with Gasteiger partial charge in [0.2, 0.25) is 5.91 Å². The molecule has 2 rings (SSSR count). The van der Waals surface area contributed by atoms with Gasteiger partial charge in [-0.1, -0.05) is 18.2 Å². The van der Waals surface area contributed by atoms with E-state index in [1.54, 1.807) is 29.6 Å². The molecule has 0 aliphatic carbocycles. The van der Waals surface area contributed by atoms with Crippen LogP contribution >= 0.6 is 0 Å². The lowest BCUT2D eigenvalue weighted by atomic mass is 9.89. The Morgan fingerprint density at radius 1 is 1.25 bits per heavy atom. The van der Waals surface area contributed by atoms with E-state index in [0.717, 1.165) is 0 Å². The topological polar surface area (TPSA) is 84.5 Å². The van der Waals surface area contributed by atoms with Crippen LogP contribution in [0.2, 0.25) is 0 Å². The lowest BCUT2D eigenvalue weighted by Crippen LogP contribution is -2.53. The Morgan fingerprint density at radius 3 is 2.58 bits per heavy atom.